The zero-order valence-corrected chi connectivity index (χ0v) is 14.3. The van der Waals surface area contributed by atoms with Crippen LogP contribution in [-0.4, -0.2) is 37.9 Å². The first-order chi connectivity index (χ1) is 11.1. The second-order valence-electron chi connectivity index (χ2n) is 6.29. The summed E-state index contributed by atoms with van der Waals surface area (Å²) in [6.07, 6.45) is 3.28. The summed E-state index contributed by atoms with van der Waals surface area (Å²) >= 11 is 0. The Hall–Kier alpha value is -1.65. The third-order valence-corrected chi connectivity index (χ3v) is 4.05. The van der Waals surface area contributed by atoms with E-state index in [4.69, 9.17) is 9.47 Å². The molecule has 0 aromatic heterocycles. The van der Waals surface area contributed by atoms with Gasteiger partial charge in [-0.1, -0.05) is 35.9 Å². The Morgan fingerprint density at radius 1 is 1.39 bits per heavy atom. The first kappa shape index (κ1) is 17.7. The van der Waals surface area contributed by atoms with Gasteiger partial charge in [-0.15, -0.1) is 0 Å². The fourth-order valence-electron chi connectivity index (χ4n) is 2.63. The zero-order valence-electron chi connectivity index (χ0n) is 14.3. The molecule has 2 rings (SSSR count). The van der Waals surface area contributed by atoms with E-state index in [9.17, 15) is 4.79 Å². The Morgan fingerprint density at radius 3 is 2.91 bits per heavy atom. The van der Waals surface area contributed by atoms with E-state index in [1.54, 1.807) is 0 Å². The summed E-state index contributed by atoms with van der Waals surface area (Å²) in [7, 11) is 0. The highest BCUT2D eigenvalue weighted by Crippen LogP contribution is 2.13. The summed E-state index contributed by atoms with van der Waals surface area (Å²) in [4.78, 5) is 12.3. The molecule has 1 N–H and O–H groups in total. The summed E-state index contributed by atoms with van der Waals surface area (Å²) < 4.78 is 11.4. The van der Waals surface area contributed by atoms with Crippen LogP contribution in [-0.2, 0) is 20.7 Å². The number of hydrogen-bond donors (Lipinski definition) is 1. The van der Waals surface area contributed by atoms with Crippen LogP contribution in [0.4, 0.5) is 0 Å². The van der Waals surface area contributed by atoms with Crippen LogP contribution < -0.4 is 5.32 Å². The molecule has 23 heavy (non-hydrogen) atoms. The predicted molar refractivity (Wildman–Crippen MR) is 91.4 cm³/mol. The predicted octanol–water partition coefficient (Wildman–Crippen LogP) is 2.79. The Morgan fingerprint density at radius 2 is 2.17 bits per heavy atom. The standard InChI is InChI=1S/C19H27NO3/c1-14(2)8-11-23-18-9-10-22-13-17(18)20-19(21)12-16-7-5-4-6-15(16)3/h4-8,17-18H,9-13H2,1-3H3,(H,20,21)/t17-,18+/m1/s1. The minimum Gasteiger partial charge on any atom is -0.379 e. The number of hydrogen-bond acceptors (Lipinski definition) is 3. The maximum absolute atomic E-state index is 12.3. The molecule has 0 unspecified atom stereocenters. The molecule has 0 radical (unpaired) electrons. The number of ether oxygens (including phenoxy) is 2. The highest BCUT2D eigenvalue weighted by Gasteiger charge is 2.27. The first-order valence-corrected chi connectivity index (χ1v) is 8.23. The average Bonchev–Trinajstić information content (AvgIpc) is 2.51. The van der Waals surface area contributed by atoms with Crippen LogP contribution in [0.3, 0.4) is 0 Å². The molecule has 1 heterocycles. The van der Waals surface area contributed by atoms with Crippen LogP contribution in [0.5, 0.6) is 0 Å². The van der Waals surface area contributed by atoms with Crippen molar-refractivity contribution >= 4 is 5.91 Å². The molecule has 1 aromatic carbocycles. The molecule has 1 aromatic rings. The van der Waals surface area contributed by atoms with Crippen molar-refractivity contribution in [3.05, 3.63) is 47.0 Å². The molecule has 4 nitrogen and oxygen atoms in total. The minimum absolute atomic E-state index is 0.0140. The van der Waals surface area contributed by atoms with Crippen molar-refractivity contribution in [3.8, 4) is 0 Å². The summed E-state index contributed by atoms with van der Waals surface area (Å²) in [6, 6.07) is 7.89. The monoisotopic (exact) mass is 317 g/mol. The Balaban J connectivity index is 1.89. The number of aryl methyl sites for hydroxylation is 1. The Bertz CT molecular complexity index is 549. The summed E-state index contributed by atoms with van der Waals surface area (Å²) in [5.74, 6) is 0.0191. The molecular weight excluding hydrogens is 290 g/mol. The topological polar surface area (TPSA) is 47.6 Å². The van der Waals surface area contributed by atoms with Crippen molar-refractivity contribution in [1.82, 2.24) is 5.32 Å². The molecule has 0 bridgehead atoms. The normalized spacial score (nSPS) is 20.8. The Labute approximate surface area is 138 Å². The van der Waals surface area contributed by atoms with Gasteiger partial charge in [0.05, 0.1) is 31.8 Å². The van der Waals surface area contributed by atoms with Crippen molar-refractivity contribution < 1.29 is 14.3 Å². The molecule has 0 aliphatic carbocycles. The van der Waals surface area contributed by atoms with E-state index in [1.165, 1.54) is 5.57 Å². The third-order valence-electron chi connectivity index (χ3n) is 4.05. The maximum atomic E-state index is 12.3. The third kappa shape index (κ3) is 5.81. The lowest BCUT2D eigenvalue weighted by Gasteiger charge is -2.32. The molecule has 4 heteroatoms. The van der Waals surface area contributed by atoms with Crippen molar-refractivity contribution in [3.63, 3.8) is 0 Å². The number of amides is 1. The first-order valence-electron chi connectivity index (χ1n) is 8.23. The van der Waals surface area contributed by atoms with Crippen LogP contribution in [0.1, 0.15) is 31.4 Å². The van der Waals surface area contributed by atoms with Crippen molar-refractivity contribution in [2.24, 2.45) is 0 Å². The minimum atomic E-state index is -0.0779. The van der Waals surface area contributed by atoms with Gasteiger partial charge in [0.2, 0.25) is 5.91 Å². The molecule has 1 aliphatic rings. The lowest BCUT2D eigenvalue weighted by molar-refractivity contribution is -0.125. The lowest BCUT2D eigenvalue weighted by Crippen LogP contribution is -2.51. The van der Waals surface area contributed by atoms with E-state index in [1.807, 2.05) is 31.2 Å². The van der Waals surface area contributed by atoms with E-state index in [2.05, 4.69) is 25.2 Å². The zero-order chi connectivity index (χ0) is 16.7. The van der Waals surface area contributed by atoms with Gasteiger partial charge >= 0.3 is 0 Å². The van der Waals surface area contributed by atoms with E-state index < -0.39 is 0 Å². The van der Waals surface area contributed by atoms with Gasteiger partial charge in [0.15, 0.2) is 0 Å². The Kier molecular flexibility index (Phi) is 6.81. The molecule has 2 atom stereocenters. The number of rotatable bonds is 6. The van der Waals surface area contributed by atoms with Gasteiger partial charge in [0.1, 0.15) is 0 Å². The number of benzene rings is 1. The number of allylic oxidation sites excluding steroid dienone is 1. The summed E-state index contributed by atoms with van der Waals surface area (Å²) in [5, 5.41) is 3.07. The van der Waals surface area contributed by atoms with E-state index in [0.717, 1.165) is 17.5 Å². The van der Waals surface area contributed by atoms with Gasteiger partial charge < -0.3 is 14.8 Å². The van der Waals surface area contributed by atoms with Crippen LogP contribution >= 0.6 is 0 Å². The van der Waals surface area contributed by atoms with Crippen LogP contribution in [0.15, 0.2) is 35.9 Å². The molecule has 1 saturated heterocycles. The van der Waals surface area contributed by atoms with E-state index in [-0.39, 0.29) is 18.1 Å². The van der Waals surface area contributed by atoms with E-state index >= 15 is 0 Å². The van der Waals surface area contributed by atoms with Crippen molar-refractivity contribution in [2.75, 3.05) is 19.8 Å². The molecular formula is C19H27NO3. The highest BCUT2D eigenvalue weighted by atomic mass is 16.5. The largest absolute Gasteiger partial charge is 0.379 e. The van der Waals surface area contributed by atoms with Crippen molar-refractivity contribution in [1.29, 1.82) is 0 Å². The van der Waals surface area contributed by atoms with Crippen LogP contribution in [0.2, 0.25) is 0 Å². The number of nitrogens with one attached hydrogen (secondary N) is 1. The van der Waals surface area contributed by atoms with Gasteiger partial charge in [-0.2, -0.15) is 0 Å². The van der Waals surface area contributed by atoms with Crippen LogP contribution in [0, 0.1) is 6.92 Å². The quantitative estimate of drug-likeness (QED) is 0.821. The molecule has 1 fully saturated rings. The second kappa shape index (κ2) is 8.85. The van der Waals surface area contributed by atoms with Gasteiger partial charge in [0.25, 0.3) is 0 Å². The molecule has 126 valence electrons. The smallest absolute Gasteiger partial charge is 0.224 e. The summed E-state index contributed by atoms with van der Waals surface area (Å²) in [6.45, 7) is 7.90. The van der Waals surface area contributed by atoms with Gasteiger partial charge in [-0.3, -0.25) is 4.79 Å². The molecule has 1 aliphatic heterocycles. The molecule has 0 saturated carbocycles. The van der Waals surface area contributed by atoms with Crippen LogP contribution in [0.25, 0.3) is 0 Å². The molecule has 0 spiro atoms. The fraction of sp³-hybridized carbons (Fsp3) is 0.526. The van der Waals surface area contributed by atoms with Gasteiger partial charge in [0, 0.05) is 6.61 Å². The SMILES string of the molecule is CC(C)=CCO[C@H]1CCOC[C@H]1NC(=O)Cc1ccccc1C. The van der Waals surface area contributed by atoms with Gasteiger partial charge in [-0.05, 0) is 38.3 Å². The molecule has 1 amide bonds. The summed E-state index contributed by atoms with van der Waals surface area (Å²) in [5.41, 5.74) is 3.43. The van der Waals surface area contributed by atoms with Crippen molar-refractivity contribution in [2.45, 2.75) is 45.8 Å². The lowest BCUT2D eigenvalue weighted by atomic mass is 10.0. The fourth-order valence-corrected chi connectivity index (χ4v) is 2.63. The second-order valence-corrected chi connectivity index (χ2v) is 6.29. The number of carbonyl (C=O) groups is 1. The highest BCUT2D eigenvalue weighted by molar-refractivity contribution is 5.79. The average molecular weight is 317 g/mol. The van der Waals surface area contributed by atoms with Gasteiger partial charge in [-0.25, -0.2) is 0 Å². The maximum Gasteiger partial charge on any atom is 0.224 e. The number of carbonyl (C=O) groups excluding carboxylic acids is 1. The van der Waals surface area contributed by atoms with E-state index in [0.29, 0.717) is 26.2 Å².